The van der Waals surface area contributed by atoms with Crippen LogP contribution in [0.3, 0.4) is 0 Å². The van der Waals surface area contributed by atoms with E-state index in [0.29, 0.717) is 0 Å². The van der Waals surface area contributed by atoms with E-state index in [2.05, 4.69) is 0 Å². The number of carbonyl (C=O) groups excluding carboxylic acids is 3. The van der Waals surface area contributed by atoms with Crippen LogP contribution in [-0.2, 0) is 23.9 Å². The monoisotopic (exact) mass is 350 g/mol. The smallest absolute Gasteiger partial charge is 0.331 e. The quantitative estimate of drug-likeness (QED) is 0.540. The van der Waals surface area contributed by atoms with Gasteiger partial charge in [0.1, 0.15) is 0 Å². The van der Waals surface area contributed by atoms with Crippen molar-refractivity contribution in [2.24, 2.45) is 0 Å². The van der Waals surface area contributed by atoms with Crippen molar-refractivity contribution in [3.63, 3.8) is 0 Å². The zero-order valence-electron chi connectivity index (χ0n) is 14.0. The maximum atomic E-state index is 11.6. The van der Waals surface area contributed by atoms with Crippen LogP contribution < -0.4 is 0 Å². The Morgan fingerprint density at radius 2 is 1.04 bits per heavy atom. The Labute approximate surface area is 151 Å². The molecule has 0 aliphatic heterocycles. The third-order valence-electron chi connectivity index (χ3n) is 3.17. The van der Waals surface area contributed by atoms with Gasteiger partial charge in [-0.3, -0.25) is 4.79 Å². The highest BCUT2D eigenvalue weighted by atomic mass is 16.6. The summed E-state index contributed by atoms with van der Waals surface area (Å²) in [5, 5.41) is 0. The van der Waals surface area contributed by atoms with Gasteiger partial charge in [0.2, 0.25) is 5.78 Å². The van der Waals surface area contributed by atoms with Crippen molar-refractivity contribution in [3.8, 4) is 0 Å². The lowest BCUT2D eigenvalue weighted by molar-refractivity contribution is -0.148. The highest BCUT2D eigenvalue weighted by molar-refractivity contribution is 5.92. The average molecular weight is 350 g/mol. The summed E-state index contributed by atoms with van der Waals surface area (Å²) in [6.07, 6.45) is 5.64. The van der Waals surface area contributed by atoms with Crippen molar-refractivity contribution < 1.29 is 23.9 Å². The van der Waals surface area contributed by atoms with Gasteiger partial charge in [0.15, 0.2) is 13.2 Å². The number of benzene rings is 2. The van der Waals surface area contributed by atoms with Crippen molar-refractivity contribution in [3.05, 3.63) is 83.9 Å². The zero-order chi connectivity index (χ0) is 18.6. The van der Waals surface area contributed by atoms with E-state index in [1.54, 1.807) is 12.2 Å². The topological polar surface area (TPSA) is 69.7 Å². The molecule has 0 spiro atoms. The Hall–Kier alpha value is -3.47. The van der Waals surface area contributed by atoms with Gasteiger partial charge in [-0.15, -0.1) is 0 Å². The minimum atomic E-state index is -0.641. The molecule has 0 saturated carbocycles. The molecular formula is C21H18O5. The molecule has 2 aromatic rings. The summed E-state index contributed by atoms with van der Waals surface area (Å²) in [4.78, 5) is 34.7. The molecule has 0 saturated heterocycles. The number of rotatable bonds is 8. The van der Waals surface area contributed by atoms with Crippen LogP contribution in [0.4, 0.5) is 0 Å². The van der Waals surface area contributed by atoms with Gasteiger partial charge in [0.25, 0.3) is 0 Å². The second kappa shape index (κ2) is 10.4. The van der Waals surface area contributed by atoms with Crippen molar-refractivity contribution in [1.82, 2.24) is 0 Å². The molecule has 0 N–H and O–H groups in total. The Kier molecular flexibility index (Phi) is 7.55. The summed E-state index contributed by atoms with van der Waals surface area (Å²) in [5.74, 6) is -1.79. The summed E-state index contributed by atoms with van der Waals surface area (Å²) in [6, 6.07) is 18.4. The normalized spacial score (nSPS) is 10.8. The molecule has 5 nitrogen and oxygen atoms in total. The first-order valence-electron chi connectivity index (χ1n) is 7.95. The first-order chi connectivity index (χ1) is 12.6. The molecule has 26 heavy (non-hydrogen) atoms. The predicted molar refractivity (Wildman–Crippen MR) is 97.9 cm³/mol. The summed E-state index contributed by atoms with van der Waals surface area (Å²) < 4.78 is 9.61. The lowest BCUT2D eigenvalue weighted by Gasteiger charge is -2.02. The van der Waals surface area contributed by atoms with Crippen molar-refractivity contribution in [1.29, 1.82) is 0 Å². The third-order valence-corrected chi connectivity index (χ3v) is 3.17. The van der Waals surface area contributed by atoms with Crippen LogP contribution in [-0.4, -0.2) is 30.9 Å². The molecule has 0 heterocycles. The van der Waals surface area contributed by atoms with Gasteiger partial charge in [-0.05, 0) is 23.3 Å². The molecule has 2 rings (SSSR count). The number of hydrogen-bond acceptors (Lipinski definition) is 5. The molecule has 5 heteroatoms. The fraction of sp³-hybridized carbons (Fsp3) is 0.0952. The van der Waals surface area contributed by atoms with Gasteiger partial charge in [-0.1, -0.05) is 60.7 Å². The van der Waals surface area contributed by atoms with Gasteiger partial charge >= 0.3 is 11.9 Å². The van der Waals surface area contributed by atoms with Crippen LogP contribution in [0.1, 0.15) is 11.1 Å². The fourth-order valence-corrected chi connectivity index (χ4v) is 1.90. The van der Waals surface area contributed by atoms with Gasteiger partial charge in [-0.25, -0.2) is 9.59 Å². The molecule has 2 aromatic carbocycles. The summed E-state index contributed by atoms with van der Waals surface area (Å²) in [7, 11) is 0. The van der Waals surface area contributed by atoms with Crippen LogP contribution in [0.5, 0.6) is 0 Å². The SMILES string of the molecule is O=C(COC(=O)/C=C/c1ccccc1)COC(=O)/C=C/c1ccccc1. The molecule has 0 aliphatic carbocycles. The molecule has 0 aliphatic rings. The molecule has 0 amide bonds. The van der Waals surface area contributed by atoms with E-state index in [4.69, 9.17) is 9.47 Å². The second-order valence-corrected chi connectivity index (χ2v) is 5.24. The molecular weight excluding hydrogens is 332 g/mol. The first kappa shape index (κ1) is 18.9. The molecule has 0 fully saturated rings. The molecule has 0 radical (unpaired) electrons. The van der Waals surface area contributed by atoms with E-state index in [-0.39, 0.29) is 0 Å². The Morgan fingerprint density at radius 1 is 0.654 bits per heavy atom. The van der Waals surface area contributed by atoms with E-state index in [1.165, 1.54) is 12.2 Å². The molecule has 0 atom stereocenters. The van der Waals surface area contributed by atoms with Crippen LogP contribution >= 0.6 is 0 Å². The minimum absolute atomic E-state index is 0.451. The van der Waals surface area contributed by atoms with Crippen LogP contribution in [0.2, 0.25) is 0 Å². The standard InChI is InChI=1S/C21H18O5/c22-19(15-25-20(23)13-11-17-7-3-1-4-8-17)16-26-21(24)14-12-18-9-5-2-6-10-18/h1-14H,15-16H2/b13-11+,14-12+. The van der Waals surface area contributed by atoms with E-state index >= 15 is 0 Å². The highest BCUT2D eigenvalue weighted by Gasteiger charge is 2.08. The maximum Gasteiger partial charge on any atom is 0.331 e. The van der Waals surface area contributed by atoms with Crippen LogP contribution in [0, 0.1) is 0 Å². The minimum Gasteiger partial charge on any atom is -0.454 e. The van der Waals surface area contributed by atoms with E-state index in [1.807, 2.05) is 60.7 Å². The summed E-state index contributed by atoms with van der Waals surface area (Å²) in [5.41, 5.74) is 1.69. The lowest BCUT2D eigenvalue weighted by Crippen LogP contribution is -2.19. The zero-order valence-corrected chi connectivity index (χ0v) is 14.0. The summed E-state index contributed by atoms with van der Waals surface area (Å²) in [6.45, 7) is -0.902. The van der Waals surface area contributed by atoms with Crippen LogP contribution in [0.25, 0.3) is 12.2 Å². The second-order valence-electron chi connectivity index (χ2n) is 5.24. The molecule has 0 bridgehead atoms. The number of esters is 2. The third kappa shape index (κ3) is 7.40. The maximum absolute atomic E-state index is 11.6. The average Bonchev–Trinajstić information content (AvgIpc) is 2.69. The Balaban J connectivity index is 1.67. The van der Waals surface area contributed by atoms with Gasteiger partial charge < -0.3 is 9.47 Å². The number of ketones is 1. The van der Waals surface area contributed by atoms with Gasteiger partial charge in [-0.2, -0.15) is 0 Å². The fourth-order valence-electron chi connectivity index (χ4n) is 1.90. The predicted octanol–water partition coefficient (Wildman–Crippen LogP) is 3.07. The highest BCUT2D eigenvalue weighted by Crippen LogP contribution is 2.02. The molecule has 0 unspecified atom stereocenters. The van der Waals surface area contributed by atoms with Crippen molar-refractivity contribution in [2.75, 3.05) is 13.2 Å². The Morgan fingerprint density at radius 3 is 1.42 bits per heavy atom. The van der Waals surface area contributed by atoms with E-state index in [9.17, 15) is 14.4 Å². The molecule has 132 valence electrons. The number of ether oxygens (including phenoxy) is 2. The summed E-state index contributed by atoms with van der Waals surface area (Å²) >= 11 is 0. The van der Waals surface area contributed by atoms with Gasteiger partial charge in [0.05, 0.1) is 0 Å². The van der Waals surface area contributed by atoms with E-state index in [0.717, 1.165) is 11.1 Å². The van der Waals surface area contributed by atoms with Crippen molar-refractivity contribution >= 4 is 29.9 Å². The number of hydrogen-bond donors (Lipinski definition) is 0. The van der Waals surface area contributed by atoms with Crippen LogP contribution in [0.15, 0.2) is 72.8 Å². The Bertz CT molecular complexity index is 724. The number of Topliss-reactive ketones (excluding diaryl/α,β-unsaturated/α-hetero) is 1. The van der Waals surface area contributed by atoms with E-state index < -0.39 is 30.9 Å². The first-order valence-corrected chi connectivity index (χ1v) is 7.95. The van der Waals surface area contributed by atoms with Gasteiger partial charge in [0, 0.05) is 12.2 Å². The number of carbonyl (C=O) groups is 3. The molecule has 0 aromatic heterocycles. The largest absolute Gasteiger partial charge is 0.454 e. The van der Waals surface area contributed by atoms with Crippen molar-refractivity contribution in [2.45, 2.75) is 0 Å². The lowest BCUT2D eigenvalue weighted by atomic mass is 10.2.